The Labute approximate surface area is 133 Å². The van der Waals surface area contributed by atoms with E-state index in [1.54, 1.807) is 0 Å². The minimum atomic E-state index is 0.565. The molecule has 1 aliphatic carbocycles. The average molecular weight is 295 g/mol. The maximum Gasteiger partial charge on any atom is 0.00501 e. The molecule has 2 nitrogen and oxygen atoms in total. The van der Waals surface area contributed by atoms with Crippen molar-refractivity contribution in [2.24, 2.45) is 11.3 Å². The lowest BCUT2D eigenvalue weighted by Crippen LogP contribution is -2.43. The second kappa shape index (κ2) is 9.15. The van der Waals surface area contributed by atoms with Crippen molar-refractivity contribution in [3.8, 4) is 0 Å². The van der Waals surface area contributed by atoms with Gasteiger partial charge in [0.1, 0.15) is 0 Å². The molecule has 0 aromatic heterocycles. The fourth-order valence-corrected chi connectivity index (χ4v) is 4.80. The number of likely N-dealkylation sites (tertiary alicyclic amines) is 1. The molecule has 1 saturated carbocycles. The second-order valence-electron chi connectivity index (χ2n) is 7.81. The Bertz CT molecular complexity index is 269. The molecule has 0 amide bonds. The highest BCUT2D eigenvalue weighted by Crippen LogP contribution is 2.36. The lowest BCUT2D eigenvalue weighted by molar-refractivity contribution is 0.130. The molecule has 21 heavy (non-hydrogen) atoms. The molecule has 1 N–H and O–H groups in total. The summed E-state index contributed by atoms with van der Waals surface area (Å²) >= 11 is 0. The van der Waals surface area contributed by atoms with Gasteiger partial charge in [0, 0.05) is 13.1 Å². The Kier molecular flexibility index (Phi) is 7.53. The van der Waals surface area contributed by atoms with Crippen LogP contribution in [0.25, 0.3) is 0 Å². The van der Waals surface area contributed by atoms with Crippen molar-refractivity contribution in [3.63, 3.8) is 0 Å². The molecule has 0 spiro atoms. The zero-order valence-electron chi connectivity index (χ0n) is 14.6. The van der Waals surface area contributed by atoms with Gasteiger partial charge >= 0.3 is 0 Å². The third-order valence-electron chi connectivity index (χ3n) is 5.91. The summed E-state index contributed by atoms with van der Waals surface area (Å²) < 4.78 is 0. The van der Waals surface area contributed by atoms with E-state index in [2.05, 4.69) is 24.2 Å². The standard InChI is InChI=1S/C19H38N2/c1-3-9-18-10-8-14-21(15-11-18)17-19(16-20-2)12-6-4-5-7-13-19/h18,20H,3-17H2,1-2H3. The van der Waals surface area contributed by atoms with Gasteiger partial charge < -0.3 is 10.2 Å². The van der Waals surface area contributed by atoms with E-state index >= 15 is 0 Å². The molecule has 2 fully saturated rings. The van der Waals surface area contributed by atoms with Gasteiger partial charge in [-0.25, -0.2) is 0 Å². The van der Waals surface area contributed by atoms with E-state index in [9.17, 15) is 0 Å². The summed E-state index contributed by atoms with van der Waals surface area (Å²) in [5.74, 6) is 1.01. The number of hydrogen-bond acceptors (Lipinski definition) is 2. The summed E-state index contributed by atoms with van der Waals surface area (Å²) in [4.78, 5) is 2.82. The molecule has 1 atom stereocenters. The van der Waals surface area contributed by atoms with Crippen LogP contribution in [-0.2, 0) is 0 Å². The third kappa shape index (κ3) is 5.56. The topological polar surface area (TPSA) is 15.3 Å². The van der Waals surface area contributed by atoms with E-state index in [-0.39, 0.29) is 0 Å². The van der Waals surface area contributed by atoms with Crippen molar-refractivity contribution in [2.75, 3.05) is 33.2 Å². The number of nitrogens with one attached hydrogen (secondary N) is 1. The first kappa shape index (κ1) is 17.3. The fourth-order valence-electron chi connectivity index (χ4n) is 4.80. The van der Waals surface area contributed by atoms with E-state index in [1.807, 2.05) is 0 Å². The van der Waals surface area contributed by atoms with Crippen molar-refractivity contribution in [1.29, 1.82) is 0 Å². The van der Waals surface area contributed by atoms with Crippen LogP contribution >= 0.6 is 0 Å². The van der Waals surface area contributed by atoms with Gasteiger partial charge in [-0.3, -0.25) is 0 Å². The summed E-state index contributed by atoms with van der Waals surface area (Å²) in [6.07, 6.45) is 15.9. The summed E-state index contributed by atoms with van der Waals surface area (Å²) in [6.45, 7) is 7.63. The van der Waals surface area contributed by atoms with Gasteiger partial charge in [-0.15, -0.1) is 0 Å². The van der Waals surface area contributed by atoms with Crippen LogP contribution < -0.4 is 5.32 Å². The maximum absolute atomic E-state index is 3.51. The molecule has 1 saturated heterocycles. The molecular weight excluding hydrogens is 256 g/mol. The van der Waals surface area contributed by atoms with Gasteiger partial charge in [0.05, 0.1) is 0 Å². The quantitative estimate of drug-likeness (QED) is 0.728. The number of hydrogen-bond donors (Lipinski definition) is 1. The van der Waals surface area contributed by atoms with Crippen molar-refractivity contribution in [3.05, 3.63) is 0 Å². The van der Waals surface area contributed by atoms with Gasteiger partial charge in [-0.1, -0.05) is 45.4 Å². The molecule has 0 radical (unpaired) electrons. The van der Waals surface area contributed by atoms with Gasteiger partial charge in [0.15, 0.2) is 0 Å². The van der Waals surface area contributed by atoms with Crippen molar-refractivity contribution in [2.45, 2.75) is 77.6 Å². The van der Waals surface area contributed by atoms with Crippen LogP contribution in [0.5, 0.6) is 0 Å². The largest absolute Gasteiger partial charge is 0.319 e. The van der Waals surface area contributed by atoms with Gasteiger partial charge in [0.2, 0.25) is 0 Å². The Balaban J connectivity index is 1.90. The molecule has 1 heterocycles. The lowest BCUT2D eigenvalue weighted by atomic mass is 9.79. The SMILES string of the molecule is CCCC1CCCN(CC2(CNC)CCCCCC2)CC1. The molecule has 2 heteroatoms. The van der Waals surface area contributed by atoms with E-state index in [1.165, 1.54) is 96.8 Å². The van der Waals surface area contributed by atoms with Crippen LogP contribution in [0.15, 0.2) is 0 Å². The second-order valence-corrected chi connectivity index (χ2v) is 7.81. The Morgan fingerprint density at radius 2 is 1.76 bits per heavy atom. The normalized spacial score (nSPS) is 28.0. The van der Waals surface area contributed by atoms with Crippen molar-refractivity contribution < 1.29 is 0 Å². The highest BCUT2D eigenvalue weighted by atomic mass is 15.1. The van der Waals surface area contributed by atoms with Crippen LogP contribution in [0.1, 0.15) is 77.6 Å². The highest BCUT2D eigenvalue weighted by Gasteiger charge is 2.32. The van der Waals surface area contributed by atoms with Crippen molar-refractivity contribution in [1.82, 2.24) is 10.2 Å². The summed E-state index contributed by atoms with van der Waals surface area (Å²) in [6, 6.07) is 0. The Morgan fingerprint density at radius 3 is 2.43 bits per heavy atom. The van der Waals surface area contributed by atoms with Gasteiger partial charge in [-0.05, 0) is 63.6 Å². The first-order valence-electron chi connectivity index (χ1n) is 9.65. The van der Waals surface area contributed by atoms with Gasteiger partial charge in [0.25, 0.3) is 0 Å². The van der Waals surface area contributed by atoms with E-state index in [0.717, 1.165) is 5.92 Å². The molecule has 1 aliphatic heterocycles. The summed E-state index contributed by atoms with van der Waals surface area (Å²) in [5, 5.41) is 3.51. The van der Waals surface area contributed by atoms with E-state index in [0.29, 0.717) is 5.41 Å². The minimum Gasteiger partial charge on any atom is -0.319 e. The van der Waals surface area contributed by atoms with Crippen molar-refractivity contribution >= 4 is 0 Å². The van der Waals surface area contributed by atoms with Crippen LogP contribution in [-0.4, -0.2) is 38.1 Å². The monoisotopic (exact) mass is 294 g/mol. The lowest BCUT2D eigenvalue weighted by Gasteiger charge is -2.38. The molecule has 0 bridgehead atoms. The predicted octanol–water partition coefficient (Wildman–Crippen LogP) is 4.45. The molecule has 124 valence electrons. The van der Waals surface area contributed by atoms with E-state index in [4.69, 9.17) is 0 Å². The van der Waals surface area contributed by atoms with Crippen LogP contribution in [0.2, 0.25) is 0 Å². The Hall–Kier alpha value is -0.0800. The zero-order valence-corrected chi connectivity index (χ0v) is 14.6. The first-order chi connectivity index (χ1) is 10.3. The first-order valence-corrected chi connectivity index (χ1v) is 9.65. The smallest absolute Gasteiger partial charge is 0.00501 e. The molecule has 0 aromatic carbocycles. The molecule has 0 aromatic rings. The third-order valence-corrected chi connectivity index (χ3v) is 5.91. The summed E-state index contributed by atoms with van der Waals surface area (Å²) in [5.41, 5.74) is 0.565. The molecule has 2 rings (SSSR count). The molecule has 1 unspecified atom stereocenters. The number of nitrogens with zero attached hydrogens (tertiary/aromatic N) is 1. The summed E-state index contributed by atoms with van der Waals surface area (Å²) in [7, 11) is 2.15. The van der Waals surface area contributed by atoms with Crippen LogP contribution in [0.4, 0.5) is 0 Å². The molecule has 2 aliphatic rings. The van der Waals surface area contributed by atoms with E-state index < -0.39 is 0 Å². The molecular formula is C19H38N2. The van der Waals surface area contributed by atoms with Crippen LogP contribution in [0, 0.1) is 11.3 Å². The minimum absolute atomic E-state index is 0.565. The fraction of sp³-hybridized carbons (Fsp3) is 1.00. The zero-order chi connectivity index (χ0) is 15.0. The van der Waals surface area contributed by atoms with Gasteiger partial charge in [-0.2, -0.15) is 0 Å². The predicted molar refractivity (Wildman–Crippen MR) is 92.8 cm³/mol. The average Bonchev–Trinajstić information content (AvgIpc) is 2.82. The Morgan fingerprint density at radius 1 is 1.00 bits per heavy atom. The van der Waals surface area contributed by atoms with Crippen LogP contribution in [0.3, 0.4) is 0 Å². The maximum atomic E-state index is 3.51. The highest BCUT2D eigenvalue weighted by molar-refractivity contribution is 4.87. The number of rotatable bonds is 6.